The Labute approximate surface area is 173 Å². The zero-order valence-electron chi connectivity index (χ0n) is 17.3. The number of anilines is 1. The summed E-state index contributed by atoms with van der Waals surface area (Å²) in [6.07, 6.45) is 5.75. The Hall–Kier alpha value is -2.84. The molecule has 30 heavy (non-hydrogen) atoms. The monoisotopic (exact) mass is 416 g/mol. The molecule has 0 atom stereocenters. The summed E-state index contributed by atoms with van der Waals surface area (Å²) in [6, 6.07) is 1.85. The average molecular weight is 416 g/mol. The predicted octanol–water partition coefficient (Wildman–Crippen LogP) is 4.81. The second-order valence-electron chi connectivity index (χ2n) is 8.37. The Kier molecular flexibility index (Phi) is 5.53. The van der Waals surface area contributed by atoms with Gasteiger partial charge in [0.15, 0.2) is 11.3 Å². The van der Waals surface area contributed by atoms with Crippen LogP contribution in [0.25, 0.3) is 5.65 Å². The van der Waals surface area contributed by atoms with Crippen LogP contribution in [0.3, 0.4) is 0 Å². The van der Waals surface area contributed by atoms with Gasteiger partial charge in [0.25, 0.3) is 12.3 Å². The molecule has 1 amide bonds. The van der Waals surface area contributed by atoms with Crippen LogP contribution in [-0.4, -0.2) is 30.3 Å². The van der Waals surface area contributed by atoms with Gasteiger partial charge < -0.3 is 5.32 Å². The van der Waals surface area contributed by atoms with Gasteiger partial charge in [-0.1, -0.05) is 13.8 Å². The number of aryl methyl sites for hydroxylation is 1. The number of alkyl halides is 2. The van der Waals surface area contributed by atoms with E-state index in [1.54, 1.807) is 16.9 Å². The van der Waals surface area contributed by atoms with Crippen LogP contribution in [-0.2, 0) is 0 Å². The van der Waals surface area contributed by atoms with E-state index < -0.39 is 18.0 Å². The predicted molar refractivity (Wildman–Crippen MR) is 109 cm³/mol. The van der Waals surface area contributed by atoms with Gasteiger partial charge in [-0.15, -0.1) is 0 Å². The molecule has 4 rings (SSSR count). The first kappa shape index (κ1) is 20.4. The molecule has 3 aromatic heterocycles. The molecule has 1 aliphatic carbocycles. The summed E-state index contributed by atoms with van der Waals surface area (Å²) < 4.78 is 30.3. The third-order valence-corrected chi connectivity index (χ3v) is 6.03. The number of nitrogens with one attached hydrogen (secondary N) is 1. The van der Waals surface area contributed by atoms with Gasteiger partial charge in [-0.3, -0.25) is 9.48 Å². The molecule has 0 bridgehead atoms. The molecule has 0 unspecified atom stereocenters. The number of nitrogens with zero attached hydrogens (tertiary/aromatic N) is 5. The van der Waals surface area contributed by atoms with Crippen molar-refractivity contribution in [3.8, 4) is 0 Å². The van der Waals surface area contributed by atoms with Gasteiger partial charge in [0.2, 0.25) is 0 Å². The van der Waals surface area contributed by atoms with Gasteiger partial charge in [0.05, 0.1) is 17.9 Å². The maximum absolute atomic E-state index is 13.6. The minimum atomic E-state index is -2.78. The Morgan fingerprint density at radius 3 is 2.63 bits per heavy atom. The van der Waals surface area contributed by atoms with Gasteiger partial charge in [0, 0.05) is 18.1 Å². The highest BCUT2D eigenvalue weighted by Gasteiger charge is 2.28. The second-order valence-corrected chi connectivity index (χ2v) is 8.37. The number of rotatable bonds is 5. The topological polar surface area (TPSA) is 77.1 Å². The van der Waals surface area contributed by atoms with E-state index in [1.807, 2.05) is 6.92 Å². The normalized spacial score (nSPS) is 19.7. The summed E-state index contributed by atoms with van der Waals surface area (Å²) in [5.74, 6) is 0.753. The first-order valence-electron chi connectivity index (χ1n) is 10.3. The van der Waals surface area contributed by atoms with Gasteiger partial charge in [-0.25, -0.2) is 18.3 Å². The molecule has 3 heterocycles. The van der Waals surface area contributed by atoms with Crippen LogP contribution in [0.15, 0.2) is 24.7 Å². The maximum atomic E-state index is 13.6. The Bertz CT molecular complexity index is 1050. The van der Waals surface area contributed by atoms with Crippen LogP contribution < -0.4 is 5.32 Å². The van der Waals surface area contributed by atoms with Crippen molar-refractivity contribution in [1.29, 1.82) is 0 Å². The summed E-state index contributed by atoms with van der Waals surface area (Å²) >= 11 is 0. The van der Waals surface area contributed by atoms with Gasteiger partial charge in [0.1, 0.15) is 5.56 Å². The number of carbonyl (C=O) groups excluding carboxylic acids is 1. The molecule has 0 aromatic carbocycles. The highest BCUT2D eigenvalue weighted by atomic mass is 19.3. The lowest BCUT2D eigenvalue weighted by molar-refractivity contribution is 0.102. The number of hydrogen-bond donors (Lipinski definition) is 1. The van der Waals surface area contributed by atoms with Crippen LogP contribution >= 0.6 is 0 Å². The molecule has 0 radical (unpaired) electrons. The summed E-state index contributed by atoms with van der Waals surface area (Å²) in [5, 5.41) is 10.8. The van der Waals surface area contributed by atoms with Gasteiger partial charge in [-0.05, 0) is 50.5 Å². The lowest BCUT2D eigenvalue weighted by Crippen LogP contribution is -2.21. The molecule has 0 aliphatic heterocycles. The van der Waals surface area contributed by atoms with Gasteiger partial charge >= 0.3 is 0 Å². The van der Waals surface area contributed by atoms with Crippen molar-refractivity contribution >= 4 is 17.2 Å². The number of carbonyl (C=O) groups is 1. The summed E-state index contributed by atoms with van der Waals surface area (Å²) in [5.41, 5.74) is 0.965. The van der Waals surface area contributed by atoms with Crippen molar-refractivity contribution in [2.45, 2.75) is 58.9 Å². The number of halogens is 2. The van der Waals surface area contributed by atoms with Crippen LogP contribution in [0, 0.1) is 18.8 Å². The molecular formula is C21H26F2N6O. The first-order chi connectivity index (χ1) is 14.3. The van der Waals surface area contributed by atoms with E-state index in [9.17, 15) is 13.6 Å². The Morgan fingerprint density at radius 2 is 1.97 bits per heavy atom. The van der Waals surface area contributed by atoms with Crippen LogP contribution in [0.4, 0.5) is 14.5 Å². The minimum absolute atomic E-state index is 0.0352. The van der Waals surface area contributed by atoms with Crippen molar-refractivity contribution in [3.05, 3.63) is 41.6 Å². The van der Waals surface area contributed by atoms with Crippen LogP contribution in [0.5, 0.6) is 0 Å². The second kappa shape index (κ2) is 8.12. The van der Waals surface area contributed by atoms with Crippen LogP contribution in [0.1, 0.15) is 73.7 Å². The van der Waals surface area contributed by atoms with E-state index in [2.05, 4.69) is 34.3 Å². The van der Waals surface area contributed by atoms with Crippen molar-refractivity contribution in [2.75, 3.05) is 5.32 Å². The fourth-order valence-corrected chi connectivity index (χ4v) is 4.19. The summed E-state index contributed by atoms with van der Waals surface area (Å²) in [6.45, 7) is 6.25. The molecule has 7 nitrogen and oxygen atoms in total. The highest BCUT2D eigenvalue weighted by molar-refractivity contribution is 6.08. The number of fused-ring (bicyclic) bond motifs is 1. The van der Waals surface area contributed by atoms with Crippen molar-refractivity contribution in [3.63, 3.8) is 0 Å². The zero-order valence-corrected chi connectivity index (χ0v) is 17.3. The Balaban J connectivity index is 1.56. The van der Waals surface area contributed by atoms with Crippen LogP contribution in [0.2, 0.25) is 0 Å². The lowest BCUT2D eigenvalue weighted by atomic mass is 9.80. The smallest absolute Gasteiger partial charge is 0.284 e. The quantitative estimate of drug-likeness (QED) is 0.647. The SMILES string of the molecule is Cc1ccn2ncc(C(=O)Nc3cn(C4CCC(C(C)C)CC4)nc3C(F)F)c2n1. The number of hydrogen-bond acceptors (Lipinski definition) is 4. The first-order valence-corrected chi connectivity index (χ1v) is 10.3. The molecule has 9 heteroatoms. The van der Waals surface area contributed by atoms with E-state index in [-0.39, 0.29) is 17.3 Å². The number of amides is 1. The summed E-state index contributed by atoms with van der Waals surface area (Å²) in [7, 11) is 0. The van der Waals surface area contributed by atoms with E-state index in [1.165, 1.54) is 16.9 Å². The molecule has 1 aliphatic rings. The molecule has 3 aromatic rings. The van der Waals surface area contributed by atoms with Crippen molar-refractivity contribution < 1.29 is 13.6 Å². The summed E-state index contributed by atoms with van der Waals surface area (Å²) in [4.78, 5) is 17.1. The van der Waals surface area contributed by atoms with E-state index >= 15 is 0 Å². The molecule has 1 N–H and O–H groups in total. The van der Waals surface area contributed by atoms with Crippen molar-refractivity contribution in [2.24, 2.45) is 11.8 Å². The van der Waals surface area contributed by atoms with E-state index in [4.69, 9.17) is 0 Å². The molecule has 0 saturated heterocycles. The largest absolute Gasteiger partial charge is 0.319 e. The molecule has 0 spiro atoms. The van der Waals surface area contributed by atoms with E-state index in [0.29, 0.717) is 17.5 Å². The minimum Gasteiger partial charge on any atom is -0.319 e. The van der Waals surface area contributed by atoms with Crippen molar-refractivity contribution in [1.82, 2.24) is 24.4 Å². The third kappa shape index (κ3) is 3.93. The van der Waals surface area contributed by atoms with E-state index in [0.717, 1.165) is 31.4 Å². The molecule has 160 valence electrons. The fourth-order valence-electron chi connectivity index (χ4n) is 4.19. The van der Waals surface area contributed by atoms with Gasteiger partial charge in [-0.2, -0.15) is 10.2 Å². The standard InChI is InChI=1S/C21H26F2N6O/c1-12(2)14-4-6-15(7-5-14)29-11-17(18(27-29)19(22)23)26-21(30)16-10-24-28-9-8-13(3)25-20(16)28/h8-12,14-15,19H,4-7H2,1-3H3,(H,26,30). The zero-order chi connectivity index (χ0) is 21.4. The average Bonchev–Trinajstić information content (AvgIpc) is 3.32. The highest BCUT2D eigenvalue weighted by Crippen LogP contribution is 2.37. The third-order valence-electron chi connectivity index (χ3n) is 6.03. The molecule has 1 fully saturated rings. The maximum Gasteiger partial charge on any atom is 0.284 e. The lowest BCUT2D eigenvalue weighted by Gasteiger charge is -2.30. The molecular weight excluding hydrogens is 390 g/mol. The molecule has 1 saturated carbocycles. The number of aromatic nitrogens is 5. The fraction of sp³-hybridized carbons (Fsp3) is 0.524. The Morgan fingerprint density at radius 1 is 1.23 bits per heavy atom.